The highest BCUT2D eigenvalue weighted by molar-refractivity contribution is 6.58. The third kappa shape index (κ3) is 3.35. The van der Waals surface area contributed by atoms with Crippen molar-refractivity contribution < 1.29 is 34.3 Å². The van der Waals surface area contributed by atoms with Gasteiger partial charge in [-0.15, -0.1) is 23.2 Å². The maximum atomic E-state index is 13.9. The van der Waals surface area contributed by atoms with E-state index < -0.39 is 64.2 Å². The van der Waals surface area contributed by atoms with Gasteiger partial charge < -0.3 is 15.2 Å². The van der Waals surface area contributed by atoms with Gasteiger partial charge in [0, 0.05) is 13.0 Å². The summed E-state index contributed by atoms with van der Waals surface area (Å²) in [5.74, 6) is -5.45. The van der Waals surface area contributed by atoms with Gasteiger partial charge in [0.15, 0.2) is 9.75 Å². The van der Waals surface area contributed by atoms with E-state index in [4.69, 9.17) is 23.2 Å². The molecule has 4 aliphatic rings. The van der Waals surface area contributed by atoms with Gasteiger partial charge in [0.2, 0.25) is 11.8 Å². The fourth-order valence-electron chi connectivity index (χ4n) is 6.86. The van der Waals surface area contributed by atoms with E-state index in [1.165, 1.54) is 43.4 Å². The maximum Gasteiger partial charge on any atom is 0.488 e. The lowest BCUT2D eigenvalue weighted by molar-refractivity contribution is -0.138. The summed E-state index contributed by atoms with van der Waals surface area (Å²) in [6.07, 6.45) is 1.90. The van der Waals surface area contributed by atoms with Gasteiger partial charge in [-0.25, -0.2) is 0 Å². The van der Waals surface area contributed by atoms with Gasteiger partial charge in [-0.05, 0) is 54.1 Å². The van der Waals surface area contributed by atoms with Crippen molar-refractivity contribution in [1.82, 2.24) is 4.90 Å². The minimum absolute atomic E-state index is 0.00191. The van der Waals surface area contributed by atoms with Crippen molar-refractivity contribution in [2.75, 3.05) is 11.9 Å². The summed E-state index contributed by atoms with van der Waals surface area (Å²) in [5, 5.41) is 29.1. The Bertz CT molecular complexity index is 1480. The fraction of sp³-hybridized carbons (Fsp3) is 0.333. The highest BCUT2D eigenvalue weighted by Crippen LogP contribution is 2.65. The summed E-state index contributed by atoms with van der Waals surface area (Å²) < 4.78 is 0. The van der Waals surface area contributed by atoms with Crippen LogP contribution in [-0.2, 0) is 19.2 Å². The predicted molar refractivity (Wildman–Crippen MR) is 142 cm³/mol. The van der Waals surface area contributed by atoms with E-state index >= 15 is 0 Å². The molecular formula is C27H23BCl2N2O7. The Labute approximate surface area is 233 Å². The smallest absolute Gasteiger partial charge is 0.488 e. The minimum atomic E-state index is -1.89. The Morgan fingerprint density at radius 3 is 2.31 bits per heavy atom. The number of phenols is 1. The monoisotopic (exact) mass is 568 g/mol. The quantitative estimate of drug-likeness (QED) is 0.219. The number of allylic oxidation sites excluding steroid dienone is 2. The molecule has 6 atom stereocenters. The van der Waals surface area contributed by atoms with Gasteiger partial charge in [-0.3, -0.25) is 29.0 Å². The topological polar surface area (TPSA) is 135 Å². The summed E-state index contributed by atoms with van der Waals surface area (Å²) in [6, 6.07) is 12.0. The van der Waals surface area contributed by atoms with Crippen LogP contribution in [0.5, 0.6) is 5.75 Å². The van der Waals surface area contributed by atoms with Crippen LogP contribution in [0.25, 0.3) is 0 Å². The molecule has 6 unspecified atom stereocenters. The zero-order valence-electron chi connectivity index (χ0n) is 20.6. The second kappa shape index (κ2) is 8.66. The second-order valence-corrected chi connectivity index (χ2v) is 11.8. The molecule has 2 saturated heterocycles. The molecule has 200 valence electrons. The van der Waals surface area contributed by atoms with E-state index in [1.807, 2.05) is 6.08 Å². The van der Waals surface area contributed by atoms with Gasteiger partial charge in [-0.1, -0.05) is 35.9 Å². The maximum absolute atomic E-state index is 13.9. The molecule has 0 spiro atoms. The number of amides is 4. The zero-order valence-corrected chi connectivity index (χ0v) is 22.1. The Morgan fingerprint density at radius 2 is 1.64 bits per heavy atom. The lowest BCUT2D eigenvalue weighted by atomic mass is 9.56. The number of anilines is 1. The number of hydrogen-bond donors (Lipinski definition) is 3. The van der Waals surface area contributed by atoms with Gasteiger partial charge in [0.05, 0.1) is 17.5 Å². The molecule has 0 aromatic heterocycles. The van der Waals surface area contributed by atoms with Gasteiger partial charge in [-0.2, -0.15) is 0 Å². The Morgan fingerprint density at radius 1 is 0.949 bits per heavy atom. The molecule has 6 rings (SSSR count). The molecule has 0 bridgehead atoms. The first-order chi connectivity index (χ1) is 18.4. The fourth-order valence-corrected chi connectivity index (χ4v) is 7.88. The number of benzene rings is 2. The lowest BCUT2D eigenvalue weighted by Crippen LogP contribution is -2.60. The molecule has 3 fully saturated rings. The number of imide groups is 2. The van der Waals surface area contributed by atoms with Crippen LogP contribution in [0, 0.1) is 17.8 Å². The molecule has 2 aromatic carbocycles. The van der Waals surface area contributed by atoms with Crippen molar-refractivity contribution in [3.05, 3.63) is 65.7 Å². The second-order valence-electron chi connectivity index (χ2n) is 10.6. The van der Waals surface area contributed by atoms with Crippen molar-refractivity contribution >= 4 is 65.1 Å². The molecule has 3 N–H and O–H groups in total. The standard InChI is InChI=1S/C27H23BCl2N2O7/c1-31-24(36)26(29)12-19-17(21(27(26,30)25(31)37)13-5-7-16(33)8-6-13)9-10-18-20(19)23(35)32(22(18)34)15-4-2-3-14(11-15)28(38)39/h2-9,11,18-21,33,38-39H,10,12H2,1H3. The number of carbonyl (C=O) groups is 4. The molecule has 2 aromatic rings. The highest BCUT2D eigenvalue weighted by atomic mass is 35.5. The van der Waals surface area contributed by atoms with Crippen LogP contribution in [0.1, 0.15) is 24.3 Å². The molecule has 12 heteroatoms. The number of nitrogens with zero attached hydrogens (tertiary/aromatic N) is 2. The van der Waals surface area contributed by atoms with Crippen LogP contribution in [0.15, 0.2) is 60.2 Å². The highest BCUT2D eigenvalue weighted by Gasteiger charge is 2.75. The van der Waals surface area contributed by atoms with Crippen LogP contribution >= 0.6 is 23.2 Å². The molecule has 2 aliphatic carbocycles. The third-order valence-corrected chi connectivity index (χ3v) is 10.1. The first kappa shape index (κ1) is 26.1. The summed E-state index contributed by atoms with van der Waals surface area (Å²) in [4.78, 5) is 52.6. The van der Waals surface area contributed by atoms with Crippen molar-refractivity contribution in [1.29, 1.82) is 0 Å². The third-order valence-electron chi connectivity index (χ3n) is 8.67. The minimum Gasteiger partial charge on any atom is -0.508 e. The van der Waals surface area contributed by atoms with Crippen molar-refractivity contribution in [3.8, 4) is 5.75 Å². The average molecular weight is 569 g/mol. The molecule has 2 heterocycles. The van der Waals surface area contributed by atoms with E-state index in [9.17, 15) is 34.3 Å². The number of aromatic hydroxyl groups is 1. The molecule has 39 heavy (non-hydrogen) atoms. The van der Waals surface area contributed by atoms with Crippen LogP contribution in [0.2, 0.25) is 0 Å². The molecule has 9 nitrogen and oxygen atoms in total. The summed E-state index contributed by atoms with van der Waals surface area (Å²) >= 11 is 14.2. The van der Waals surface area contributed by atoms with E-state index in [0.29, 0.717) is 11.1 Å². The van der Waals surface area contributed by atoms with Crippen molar-refractivity contribution in [2.45, 2.75) is 28.5 Å². The number of halogens is 2. The summed E-state index contributed by atoms with van der Waals surface area (Å²) in [6.45, 7) is 0. The molecule has 4 amide bonds. The SMILES string of the molecule is CN1C(=O)C2(Cl)CC3C(=CCC4C(=O)N(c5cccc(B(O)O)c5)C(=O)C43)C(c3ccc(O)cc3)C2(Cl)C1=O. The van der Waals surface area contributed by atoms with Gasteiger partial charge in [0.1, 0.15) is 5.75 Å². The van der Waals surface area contributed by atoms with Crippen LogP contribution in [0.4, 0.5) is 5.69 Å². The largest absolute Gasteiger partial charge is 0.508 e. The van der Waals surface area contributed by atoms with E-state index in [0.717, 1.165) is 9.80 Å². The summed E-state index contributed by atoms with van der Waals surface area (Å²) in [5.41, 5.74) is 1.51. The van der Waals surface area contributed by atoms with E-state index in [-0.39, 0.29) is 29.7 Å². The zero-order chi connectivity index (χ0) is 28.0. The number of phenolic OH excluding ortho intramolecular Hbond substituents is 1. The number of likely N-dealkylation sites (tertiary alicyclic amines) is 1. The van der Waals surface area contributed by atoms with E-state index in [1.54, 1.807) is 12.1 Å². The lowest BCUT2D eigenvalue weighted by Gasteiger charge is -2.50. The van der Waals surface area contributed by atoms with Gasteiger partial charge in [0.25, 0.3) is 11.8 Å². The molecule has 0 radical (unpaired) electrons. The van der Waals surface area contributed by atoms with Crippen LogP contribution in [0.3, 0.4) is 0 Å². The van der Waals surface area contributed by atoms with E-state index in [2.05, 4.69) is 0 Å². The average Bonchev–Trinajstić information content (AvgIpc) is 3.24. The Balaban J connectivity index is 1.49. The number of alkyl halides is 2. The van der Waals surface area contributed by atoms with Crippen LogP contribution < -0.4 is 10.4 Å². The molecular weight excluding hydrogens is 546 g/mol. The van der Waals surface area contributed by atoms with Gasteiger partial charge >= 0.3 is 7.12 Å². The first-order valence-electron chi connectivity index (χ1n) is 12.4. The molecule has 1 saturated carbocycles. The number of rotatable bonds is 3. The number of carbonyl (C=O) groups excluding carboxylic acids is 4. The predicted octanol–water partition coefficient (Wildman–Crippen LogP) is 1.27. The van der Waals surface area contributed by atoms with Crippen LogP contribution in [-0.4, -0.2) is 67.6 Å². The first-order valence-corrected chi connectivity index (χ1v) is 13.2. The Kier molecular flexibility index (Phi) is 5.79. The Hall–Kier alpha value is -3.18. The number of hydrogen-bond acceptors (Lipinski definition) is 7. The molecule has 2 aliphatic heterocycles. The summed E-state index contributed by atoms with van der Waals surface area (Å²) in [7, 11) is -0.464. The van der Waals surface area contributed by atoms with Crippen molar-refractivity contribution in [3.63, 3.8) is 0 Å². The normalized spacial score (nSPS) is 33.6. The van der Waals surface area contributed by atoms with Crippen molar-refractivity contribution in [2.24, 2.45) is 17.8 Å². The number of fused-ring (bicyclic) bond motifs is 4.